The van der Waals surface area contributed by atoms with E-state index in [9.17, 15) is 77.8 Å². The van der Waals surface area contributed by atoms with Crippen LogP contribution in [0.15, 0.2) is 98.9 Å². The number of aromatic amines is 2. The Hall–Kier alpha value is 28.0. The Bertz CT molecular complexity index is 4890. The van der Waals surface area contributed by atoms with Gasteiger partial charge in [0.2, 0.25) is 23.8 Å². The molecule has 0 atom stereocenters. The van der Waals surface area contributed by atoms with Gasteiger partial charge in [-0.3, -0.25) is 20.9 Å². The van der Waals surface area contributed by atoms with E-state index >= 15 is 8.78 Å². The number of hydrogen-bond donors (Lipinski definition) is 6. The standard InChI is InChI=1S/C42H36Cl2F2N14O20S6.36Na/c1-3-13-59(57-41-53-37(45)51-39(55-41)49-21-15-17(81(61,62)63)5-11-25(21)83(67,68)69)23-9-7-19-31(35(23)85(73,74)75)79-33-27(43)30-34(28(44)29(33)47-19)80-32-20(48-30)8-10-24(36(32)86(76,77)78)60(14-4-2)58-42-54-38(46)52-40(56-42)50-22-16-18(82(64,65)66)6-12-26(22)84(70,71)72;;;;;;;;;;;;;;;;;;;;;;;;;;;;;;;;;;;;/h5-12,15-16,47-48H,3-4,13-14H2,1-2H3,(H,61,62,63)(H,64,65,66)(H,67,68,69)(H,70,71,72)(H,73,74,75)(H,76,77,78)(H2,49,51,53,55,57)(H2,50,52,54,56,58);;;;;;;;;;;;;;;;;;;;;;;;;;;;;;;;;;;;/q;36*+1/p-6. The maximum Gasteiger partial charge on any atom is 1.00 e. The number of fused-ring (bicyclic) bond motifs is 4. The summed E-state index contributed by atoms with van der Waals surface area (Å²) >= 11 is 13.8. The van der Waals surface area contributed by atoms with Gasteiger partial charge in [0.05, 0.1) is 53.4 Å². The van der Waals surface area contributed by atoms with Gasteiger partial charge in [-0.25, -0.2) is 50.5 Å². The molecule has 80 heteroatoms. The van der Waals surface area contributed by atoms with Gasteiger partial charge in [-0.05, 0) is 73.5 Å². The van der Waals surface area contributed by atoms with Gasteiger partial charge in [0.25, 0.3) is 0 Å². The molecule has 0 bridgehead atoms. The number of rotatable bonds is 20. The van der Waals surface area contributed by atoms with E-state index in [4.69, 9.17) is 32.0 Å². The zero-order chi connectivity index (χ0) is 63.0. The molecule has 0 saturated heterocycles. The molecule has 122 heavy (non-hydrogen) atoms. The van der Waals surface area contributed by atoms with Crippen molar-refractivity contribution in [2.24, 2.45) is 0 Å². The summed E-state index contributed by atoms with van der Waals surface area (Å²) in [7, 11) is -32.7. The van der Waals surface area contributed by atoms with Crippen LogP contribution in [0.5, 0.6) is 0 Å². The molecule has 0 amide bonds. The van der Waals surface area contributed by atoms with Crippen LogP contribution in [0.3, 0.4) is 0 Å². The minimum atomic E-state index is -5.69. The molecule has 0 aliphatic rings. The van der Waals surface area contributed by atoms with E-state index in [1.807, 2.05) is 0 Å². The Morgan fingerprint density at radius 3 is 0.811 bits per heavy atom. The number of hydrogen-bond acceptors (Lipinski definition) is 32. The topological polar surface area (TPSA) is 533 Å². The Balaban J connectivity index is -0.0000000944. The van der Waals surface area contributed by atoms with Gasteiger partial charge in [0.15, 0.2) is 22.3 Å². The van der Waals surface area contributed by atoms with Crippen molar-refractivity contribution in [1.82, 2.24) is 39.9 Å². The summed E-state index contributed by atoms with van der Waals surface area (Å²) in [6.45, 7) is 2.64. The van der Waals surface area contributed by atoms with Gasteiger partial charge < -0.3 is 56.8 Å². The van der Waals surface area contributed by atoms with E-state index < -0.39 is 181 Å². The molecule has 4 heterocycles. The van der Waals surface area contributed by atoms with Gasteiger partial charge in [0, 0.05) is 13.1 Å². The van der Waals surface area contributed by atoms with Gasteiger partial charge in [-0.2, -0.15) is 38.7 Å². The Kier molecular flexibility index (Phi) is 193. The van der Waals surface area contributed by atoms with Crippen LogP contribution in [-0.2, 0) is 60.7 Å². The molecule has 9 aromatic rings. The molecule has 0 aliphatic heterocycles. The van der Waals surface area contributed by atoms with Crippen LogP contribution in [0, 0.1) is 12.2 Å². The molecule has 0 aliphatic carbocycles. The van der Waals surface area contributed by atoms with Gasteiger partial charge in [-0.1, -0.05) is 37.0 Å². The first-order chi connectivity index (χ1) is 39.9. The van der Waals surface area contributed by atoms with Crippen LogP contribution < -0.4 is 1100 Å². The average molecular weight is 2180 g/mol. The van der Waals surface area contributed by atoms with Gasteiger partial charge in [0.1, 0.15) is 91.6 Å². The monoisotopic (exact) mass is 2180 g/mol. The summed E-state index contributed by atoms with van der Waals surface area (Å²) in [6, 6.07) is 7.28. The zero-order valence-electron chi connectivity index (χ0n) is 78.3. The fourth-order valence-electron chi connectivity index (χ4n) is 8.22. The summed E-state index contributed by atoms with van der Waals surface area (Å²) in [5.41, 5.74) is -1.55. The van der Waals surface area contributed by atoms with Gasteiger partial charge in [-0.15, -0.1) is 0 Å². The predicted molar refractivity (Wildman–Crippen MR) is 287 cm³/mol. The van der Waals surface area contributed by atoms with Crippen LogP contribution >= 0.6 is 23.2 Å². The first-order valence-electron chi connectivity index (χ1n) is 23.2. The molecule has 34 nitrogen and oxygen atoms in total. The maximum atomic E-state index is 15.0. The van der Waals surface area contributed by atoms with Crippen molar-refractivity contribution in [2.45, 2.75) is 56.1 Å². The Labute approximate surface area is 1510 Å². The summed E-state index contributed by atoms with van der Waals surface area (Å²) in [6.07, 6.45) is -2.99. The number of benzene rings is 5. The third-order valence-corrected chi connectivity index (χ3v) is 17.5. The van der Waals surface area contributed by atoms with Crippen molar-refractivity contribution in [3.63, 3.8) is 0 Å². The molecule has 5 aromatic carbocycles. The van der Waals surface area contributed by atoms with E-state index in [2.05, 4.69) is 61.4 Å². The minimum Gasteiger partial charge on any atom is -0.744 e. The van der Waals surface area contributed by atoms with Crippen molar-refractivity contribution in [1.29, 1.82) is 0 Å². The quantitative estimate of drug-likeness (QED) is 0.0179. The largest absolute Gasteiger partial charge is 1.00 e. The second-order valence-corrected chi connectivity index (χ2v) is 26.2. The zero-order valence-corrected chi connectivity index (χ0v) is 157. The molecule has 0 radical (unpaired) electrons. The van der Waals surface area contributed by atoms with E-state index in [1.165, 1.54) is 0 Å². The summed E-state index contributed by atoms with van der Waals surface area (Å²) in [5, 5.41) is 5.13. The number of anilines is 8. The first-order valence-corrected chi connectivity index (χ1v) is 32.4. The van der Waals surface area contributed by atoms with Crippen molar-refractivity contribution < 1.29 is 1160 Å². The average Bonchev–Trinajstić information content (AvgIpc) is 0.720. The van der Waals surface area contributed by atoms with E-state index in [-0.39, 0.29) is 1110 Å². The molecule has 4 aromatic heterocycles. The summed E-state index contributed by atoms with van der Waals surface area (Å²) < 4.78 is 264. The van der Waals surface area contributed by atoms with Crippen LogP contribution in [-0.4, -0.2) is 131 Å². The smallest absolute Gasteiger partial charge is 0.744 e. The molecule has 0 saturated carbocycles. The van der Waals surface area contributed by atoms with Crippen LogP contribution in [0.1, 0.15) is 26.7 Å². The number of H-pyrrole nitrogens is 2. The van der Waals surface area contributed by atoms with Crippen molar-refractivity contribution in [2.75, 3.05) is 44.6 Å². The van der Waals surface area contributed by atoms with E-state index in [1.54, 1.807) is 13.8 Å². The van der Waals surface area contributed by atoms with Crippen LogP contribution in [0.25, 0.3) is 44.4 Å². The molecular formula is C42H30Cl2F2N14Na36O20S6+30. The van der Waals surface area contributed by atoms with Crippen molar-refractivity contribution in [3.8, 4) is 0 Å². The molecule has 9 rings (SSSR count). The summed E-state index contributed by atoms with van der Waals surface area (Å²) in [4.78, 5) is 20.4. The SMILES string of the molecule is CCCN(Nc1nc(F)nc(Nc2cc(S(=O)(=O)[O-])ccc2S(=O)(=O)[O-])n1)c1ccc2[nH]c3c(Cl)c4oc5c(S(=O)(=O)[O-])c(N(CCC)Nc6nc(F)nc(Nc7cc(S(=O)(=O)[O-])ccc7S(=O)(=O)[O-])n6)ccc5[nH]c4c(Cl)c3oc2c1S(=O)(=O)[O-].[Na+].[Na+].[Na+].[Na+].[Na+].[Na+].[Na+].[Na+].[Na+].[Na+].[Na+].[Na+].[Na+].[Na+].[Na+].[Na+].[Na+].[Na+].[Na+].[Na+].[Na+].[Na+].[Na+].[Na+].[Na+].[Na+].[Na+].[Na+].[Na+].[Na+].[Na+].[Na+].[Na+].[Na+].[Na+].[Na+]. The second kappa shape index (κ2) is 105. The molecular weight excluding hydrogens is 2150 g/mol. The third-order valence-electron chi connectivity index (χ3n) is 11.6. The normalized spacial score (nSPS) is 8.95. The number of nitrogens with one attached hydrogen (secondary N) is 6. The fourth-order valence-corrected chi connectivity index (χ4v) is 12.6. The van der Waals surface area contributed by atoms with E-state index in [0.717, 1.165) is 34.3 Å². The van der Waals surface area contributed by atoms with Crippen molar-refractivity contribution >= 4 is 175 Å². The first kappa shape index (κ1) is 224. The third kappa shape index (κ3) is 67.3. The Morgan fingerprint density at radius 1 is 0.344 bits per heavy atom. The molecule has 6 N–H and O–H groups in total. The molecule has 0 spiro atoms. The number of nitrogens with zero attached hydrogens (tertiary/aromatic N) is 8. The predicted octanol–water partition coefficient (Wildman–Crippen LogP) is -103. The van der Waals surface area contributed by atoms with Crippen LogP contribution in [0.2, 0.25) is 10.0 Å². The van der Waals surface area contributed by atoms with E-state index in [0.29, 0.717) is 36.4 Å². The van der Waals surface area contributed by atoms with Crippen molar-refractivity contribution in [3.05, 3.63) is 82.9 Å². The molecule has 0 fully saturated rings. The second-order valence-electron chi connectivity index (χ2n) is 17.4. The Morgan fingerprint density at radius 2 is 0.590 bits per heavy atom. The number of hydrazine groups is 2. The number of halogens is 4. The number of aromatic nitrogens is 8. The molecule has 0 unspecified atom stereocenters. The fraction of sp³-hybridized carbons (Fsp3) is 0.143. The molecule has 458 valence electrons. The van der Waals surface area contributed by atoms with Crippen LogP contribution in [0.4, 0.5) is 55.3 Å². The van der Waals surface area contributed by atoms with Gasteiger partial charge >= 0.3 is 1080 Å². The maximum absolute atomic E-state index is 15.0. The summed E-state index contributed by atoms with van der Waals surface area (Å²) in [5.74, 6) is -3.40. The minimum absolute atomic E-state index is 0.